The molecule has 0 heterocycles. The molecular formula is C38H60O8P2. The van der Waals surface area contributed by atoms with Gasteiger partial charge in [-0.3, -0.25) is 9.59 Å². The third-order valence-corrected chi connectivity index (χ3v) is 12.4. The summed E-state index contributed by atoms with van der Waals surface area (Å²) in [5.41, 5.74) is 4.61. The zero-order valence-electron chi connectivity index (χ0n) is 31.4. The lowest BCUT2D eigenvalue weighted by atomic mass is 9.95. The molecule has 270 valence electrons. The van der Waals surface area contributed by atoms with Crippen molar-refractivity contribution < 1.29 is 37.6 Å². The Bertz CT molecular complexity index is 1190. The van der Waals surface area contributed by atoms with Crippen LogP contribution >= 0.6 is 16.3 Å². The molecule has 0 spiro atoms. The van der Waals surface area contributed by atoms with E-state index in [-0.39, 0.29) is 24.8 Å². The summed E-state index contributed by atoms with van der Waals surface area (Å²) in [6.45, 7) is 22.2. The van der Waals surface area contributed by atoms with Crippen LogP contribution in [0.4, 0.5) is 0 Å². The summed E-state index contributed by atoms with van der Waals surface area (Å²) < 4.78 is 36.7. The highest BCUT2D eigenvalue weighted by Crippen LogP contribution is 2.57. The van der Waals surface area contributed by atoms with Gasteiger partial charge in [0.15, 0.2) is 23.0 Å². The third-order valence-electron chi connectivity index (χ3n) is 7.56. The largest absolute Gasteiger partial charge is 0.493 e. The molecule has 0 fully saturated rings. The zero-order chi connectivity index (χ0) is 36.0. The molecule has 0 saturated carbocycles. The SMILES string of the molecule is CCCOC(=O)CCc1cc(OC)c(OP(C(C)C)C(C)C)c(-c2cc(CCC(=O)OCCC)cc(OC)c2OP(C(C)C)C(C)C)c1. The molecule has 0 bridgehead atoms. The summed E-state index contributed by atoms with van der Waals surface area (Å²) in [6.07, 6.45) is 2.97. The summed E-state index contributed by atoms with van der Waals surface area (Å²) >= 11 is 0. The number of methoxy groups -OCH3 is 2. The number of ether oxygens (including phenoxy) is 4. The first kappa shape index (κ1) is 41.6. The van der Waals surface area contributed by atoms with Crippen LogP contribution in [0.3, 0.4) is 0 Å². The molecule has 0 radical (unpaired) electrons. The van der Waals surface area contributed by atoms with Gasteiger partial charge in [-0.15, -0.1) is 0 Å². The summed E-state index contributed by atoms with van der Waals surface area (Å²) in [5, 5.41) is 0. The topological polar surface area (TPSA) is 89.5 Å². The summed E-state index contributed by atoms with van der Waals surface area (Å²) in [4.78, 5) is 25.0. The molecule has 2 aromatic rings. The second-order valence-electron chi connectivity index (χ2n) is 13.1. The molecule has 10 heteroatoms. The van der Waals surface area contributed by atoms with E-state index < -0.39 is 16.3 Å². The van der Waals surface area contributed by atoms with E-state index in [1.165, 1.54) is 0 Å². The number of benzene rings is 2. The first-order chi connectivity index (χ1) is 22.8. The number of hydrogen-bond donors (Lipinski definition) is 0. The third kappa shape index (κ3) is 12.4. The lowest BCUT2D eigenvalue weighted by Crippen LogP contribution is -2.11. The highest BCUT2D eigenvalue weighted by molar-refractivity contribution is 7.54. The lowest BCUT2D eigenvalue weighted by Gasteiger charge is -2.30. The molecule has 0 amide bonds. The second-order valence-corrected chi connectivity index (χ2v) is 19.0. The predicted molar refractivity (Wildman–Crippen MR) is 200 cm³/mol. The normalized spacial score (nSPS) is 11.6. The van der Waals surface area contributed by atoms with Crippen molar-refractivity contribution in [2.24, 2.45) is 0 Å². The van der Waals surface area contributed by atoms with Crippen molar-refractivity contribution in [3.63, 3.8) is 0 Å². The van der Waals surface area contributed by atoms with Crippen molar-refractivity contribution in [1.82, 2.24) is 0 Å². The maximum atomic E-state index is 12.5. The molecular weight excluding hydrogens is 646 g/mol. The highest BCUT2D eigenvalue weighted by Gasteiger charge is 2.29. The average Bonchev–Trinajstić information content (AvgIpc) is 3.04. The van der Waals surface area contributed by atoms with Gasteiger partial charge in [0.05, 0.1) is 43.7 Å². The van der Waals surface area contributed by atoms with E-state index in [9.17, 15) is 9.59 Å². The Morgan fingerprint density at radius 2 is 0.917 bits per heavy atom. The average molecular weight is 707 g/mol. The van der Waals surface area contributed by atoms with Gasteiger partial charge >= 0.3 is 11.9 Å². The molecule has 2 rings (SSSR count). The van der Waals surface area contributed by atoms with E-state index in [4.69, 9.17) is 28.0 Å². The Kier molecular flexibility index (Phi) is 18.1. The fourth-order valence-electron chi connectivity index (χ4n) is 5.39. The van der Waals surface area contributed by atoms with E-state index in [0.717, 1.165) is 35.1 Å². The minimum atomic E-state index is -0.889. The van der Waals surface area contributed by atoms with E-state index in [1.54, 1.807) is 14.2 Å². The molecule has 0 N–H and O–H groups in total. The van der Waals surface area contributed by atoms with Crippen LogP contribution in [0.2, 0.25) is 0 Å². The van der Waals surface area contributed by atoms with Crippen molar-refractivity contribution in [3.05, 3.63) is 35.4 Å². The van der Waals surface area contributed by atoms with E-state index >= 15 is 0 Å². The van der Waals surface area contributed by atoms with Gasteiger partial charge < -0.3 is 28.0 Å². The van der Waals surface area contributed by atoms with Crippen molar-refractivity contribution in [3.8, 4) is 34.1 Å². The van der Waals surface area contributed by atoms with Crippen LogP contribution in [0.1, 0.15) is 106 Å². The number of rotatable bonds is 21. The predicted octanol–water partition coefficient (Wildman–Crippen LogP) is 10.3. The minimum Gasteiger partial charge on any atom is -0.493 e. The van der Waals surface area contributed by atoms with E-state index in [1.807, 2.05) is 26.0 Å². The van der Waals surface area contributed by atoms with Crippen molar-refractivity contribution in [2.45, 2.75) is 130 Å². The van der Waals surface area contributed by atoms with Crippen LogP contribution in [0.5, 0.6) is 23.0 Å². The van der Waals surface area contributed by atoms with E-state index in [2.05, 4.69) is 67.5 Å². The van der Waals surface area contributed by atoms with Gasteiger partial charge in [0.25, 0.3) is 0 Å². The van der Waals surface area contributed by atoms with Crippen LogP contribution in [-0.4, -0.2) is 62.0 Å². The van der Waals surface area contributed by atoms with Crippen LogP contribution in [0, 0.1) is 0 Å². The number of hydrogen-bond acceptors (Lipinski definition) is 8. The molecule has 2 aromatic carbocycles. The molecule has 48 heavy (non-hydrogen) atoms. The van der Waals surface area contributed by atoms with Crippen molar-refractivity contribution in [2.75, 3.05) is 27.4 Å². The van der Waals surface area contributed by atoms with Crippen LogP contribution in [0.15, 0.2) is 24.3 Å². The molecule has 0 saturated heterocycles. The Morgan fingerprint density at radius 1 is 0.583 bits per heavy atom. The Balaban J connectivity index is 2.91. The molecule has 0 aliphatic heterocycles. The van der Waals surface area contributed by atoms with Crippen LogP contribution in [-0.2, 0) is 31.9 Å². The molecule has 0 aromatic heterocycles. The van der Waals surface area contributed by atoms with Crippen LogP contribution < -0.4 is 18.5 Å². The summed E-state index contributed by atoms with van der Waals surface area (Å²) in [6, 6.07) is 8.07. The number of carbonyl (C=O) groups is 2. The highest BCUT2D eigenvalue weighted by atomic mass is 31.1. The smallest absolute Gasteiger partial charge is 0.306 e. The fraction of sp³-hybridized carbons (Fsp3) is 0.632. The molecule has 0 aliphatic carbocycles. The van der Waals surface area contributed by atoms with Gasteiger partial charge in [0.2, 0.25) is 0 Å². The van der Waals surface area contributed by atoms with Gasteiger partial charge in [0.1, 0.15) is 0 Å². The Labute approximate surface area is 292 Å². The zero-order valence-corrected chi connectivity index (χ0v) is 33.2. The standard InChI is InChI=1S/C38H60O8P2/c1-13-19-43-35(39)17-15-29-21-31(37(33(23-29)41-11)45-47(25(3)4)26(5)6)32-22-30(16-18-36(40)44-20-14-2)24-34(42-12)38(32)46-48(27(7)8)28(9)10/h21-28H,13-20H2,1-12H3. The van der Waals surface area contributed by atoms with Gasteiger partial charge in [-0.05, 0) is 61.1 Å². The minimum absolute atomic E-state index is 0.233. The lowest BCUT2D eigenvalue weighted by molar-refractivity contribution is -0.144. The Hall–Kier alpha value is -2.56. The first-order valence-corrected chi connectivity index (χ1v) is 20.2. The van der Waals surface area contributed by atoms with Gasteiger partial charge in [-0.25, -0.2) is 0 Å². The summed E-state index contributed by atoms with van der Waals surface area (Å²) in [7, 11) is 1.51. The van der Waals surface area contributed by atoms with E-state index in [0.29, 0.717) is 71.7 Å². The summed E-state index contributed by atoms with van der Waals surface area (Å²) in [5.74, 6) is 1.98. The van der Waals surface area contributed by atoms with Gasteiger partial charge in [0, 0.05) is 46.6 Å². The number of carbonyl (C=O) groups excluding carboxylic acids is 2. The molecule has 0 unspecified atom stereocenters. The maximum Gasteiger partial charge on any atom is 0.306 e. The second kappa shape index (κ2) is 20.8. The van der Waals surface area contributed by atoms with Crippen molar-refractivity contribution >= 4 is 28.2 Å². The maximum absolute atomic E-state index is 12.5. The van der Waals surface area contributed by atoms with Gasteiger partial charge in [-0.2, -0.15) is 0 Å². The first-order valence-electron chi connectivity index (χ1n) is 17.4. The van der Waals surface area contributed by atoms with Crippen LogP contribution in [0.25, 0.3) is 11.1 Å². The Morgan fingerprint density at radius 3 is 1.19 bits per heavy atom. The molecule has 0 aliphatic rings. The van der Waals surface area contributed by atoms with Gasteiger partial charge in [-0.1, -0.05) is 69.2 Å². The number of aryl methyl sites for hydroxylation is 2. The fourth-order valence-corrected chi connectivity index (χ4v) is 9.42. The van der Waals surface area contributed by atoms with Crippen molar-refractivity contribution in [1.29, 1.82) is 0 Å². The number of esters is 2. The molecule has 8 nitrogen and oxygen atoms in total. The monoisotopic (exact) mass is 706 g/mol. The quantitative estimate of drug-likeness (QED) is 0.0936. The molecule has 0 atom stereocenters.